The topological polar surface area (TPSA) is 71.8 Å². The quantitative estimate of drug-likeness (QED) is 0.712. The fourth-order valence-corrected chi connectivity index (χ4v) is 3.18. The second-order valence-electron chi connectivity index (χ2n) is 6.21. The highest BCUT2D eigenvalue weighted by Crippen LogP contribution is 2.18. The van der Waals surface area contributed by atoms with Gasteiger partial charge < -0.3 is 19.4 Å². The van der Waals surface area contributed by atoms with Crippen molar-refractivity contribution in [2.24, 2.45) is 0 Å². The normalized spacial score (nSPS) is 11.7. The van der Waals surface area contributed by atoms with Crippen molar-refractivity contribution in [2.75, 3.05) is 26.2 Å². The zero-order valence-electron chi connectivity index (χ0n) is 16.2. The third-order valence-electron chi connectivity index (χ3n) is 4.13. The highest BCUT2D eigenvalue weighted by Gasteiger charge is 2.25. The van der Waals surface area contributed by atoms with Crippen LogP contribution in [0.5, 0.6) is 5.75 Å². The number of ether oxygens (including phenoxy) is 1. The molecule has 146 valence electrons. The monoisotopic (exact) mass is 390 g/mol. The van der Waals surface area contributed by atoms with Crippen molar-refractivity contribution in [2.45, 2.75) is 25.9 Å². The first kappa shape index (κ1) is 20.9. The van der Waals surface area contributed by atoms with Gasteiger partial charge in [-0.15, -0.1) is 0 Å². The molecule has 2 amide bonds. The lowest BCUT2D eigenvalue weighted by Crippen LogP contribution is -2.47. The summed E-state index contributed by atoms with van der Waals surface area (Å²) in [5, 5.41) is 2.86. The minimum absolute atomic E-state index is 0.152. The molecular formula is C20H26N2O4S. The van der Waals surface area contributed by atoms with E-state index in [4.69, 9.17) is 9.15 Å². The van der Waals surface area contributed by atoms with E-state index < -0.39 is 6.04 Å². The summed E-state index contributed by atoms with van der Waals surface area (Å²) in [6, 6.07) is 10.1. The number of carbonyl (C=O) groups is 2. The first-order valence-corrected chi connectivity index (χ1v) is 10.1. The fourth-order valence-electron chi connectivity index (χ4n) is 2.71. The molecule has 0 aliphatic rings. The number of hydrogen-bond donors (Lipinski definition) is 1. The largest absolute Gasteiger partial charge is 0.496 e. The second-order valence-corrected chi connectivity index (χ2v) is 7.20. The third kappa shape index (κ3) is 5.79. The number of methoxy groups -OCH3 is 1. The van der Waals surface area contributed by atoms with Crippen molar-refractivity contribution in [3.63, 3.8) is 0 Å². The van der Waals surface area contributed by atoms with Gasteiger partial charge in [0.05, 0.1) is 19.2 Å². The van der Waals surface area contributed by atoms with Crippen molar-refractivity contribution in [1.82, 2.24) is 10.2 Å². The van der Waals surface area contributed by atoms with Gasteiger partial charge in [0.25, 0.3) is 5.91 Å². The van der Waals surface area contributed by atoms with Crippen LogP contribution in [0.4, 0.5) is 0 Å². The van der Waals surface area contributed by atoms with E-state index >= 15 is 0 Å². The molecule has 0 unspecified atom stereocenters. The van der Waals surface area contributed by atoms with Gasteiger partial charge in [0.2, 0.25) is 5.91 Å². The first-order chi connectivity index (χ1) is 13.0. The zero-order valence-corrected chi connectivity index (χ0v) is 17.0. The number of para-hydroxylation sites is 1. The summed E-state index contributed by atoms with van der Waals surface area (Å²) in [7, 11) is 3.23. The van der Waals surface area contributed by atoms with Crippen molar-refractivity contribution in [3.05, 3.63) is 53.5 Å². The van der Waals surface area contributed by atoms with Crippen LogP contribution in [0.3, 0.4) is 0 Å². The highest BCUT2D eigenvalue weighted by atomic mass is 32.2. The van der Waals surface area contributed by atoms with Gasteiger partial charge in [0.1, 0.15) is 23.3 Å². The summed E-state index contributed by atoms with van der Waals surface area (Å²) in [6.07, 6.45) is 2.52. The number of carbonyl (C=O) groups excluding carboxylic acids is 2. The Morgan fingerprint density at radius 3 is 2.63 bits per heavy atom. The average molecular weight is 391 g/mol. The Morgan fingerprint density at radius 2 is 2.00 bits per heavy atom. The van der Waals surface area contributed by atoms with Crippen molar-refractivity contribution >= 4 is 23.6 Å². The van der Waals surface area contributed by atoms with Gasteiger partial charge in [-0.25, -0.2) is 0 Å². The van der Waals surface area contributed by atoms with Crippen LogP contribution in [0.2, 0.25) is 0 Å². The molecule has 0 radical (unpaired) electrons. The van der Waals surface area contributed by atoms with E-state index in [-0.39, 0.29) is 11.8 Å². The maximum absolute atomic E-state index is 12.9. The smallest absolute Gasteiger partial charge is 0.255 e. The number of nitrogens with one attached hydrogen (secondary N) is 1. The Morgan fingerprint density at radius 1 is 1.26 bits per heavy atom. The number of amides is 2. The van der Waals surface area contributed by atoms with E-state index in [1.807, 2.05) is 25.3 Å². The fraction of sp³-hybridized carbons (Fsp3) is 0.400. The molecule has 0 aliphatic heterocycles. The predicted octanol–water partition coefficient (Wildman–Crippen LogP) is 3.11. The van der Waals surface area contributed by atoms with Gasteiger partial charge >= 0.3 is 0 Å². The molecular weight excluding hydrogens is 364 g/mol. The van der Waals surface area contributed by atoms with E-state index in [1.165, 1.54) is 7.11 Å². The maximum Gasteiger partial charge on any atom is 0.255 e. The molecule has 27 heavy (non-hydrogen) atoms. The molecule has 0 bridgehead atoms. The molecule has 0 saturated carbocycles. The molecule has 7 heteroatoms. The van der Waals surface area contributed by atoms with Crippen LogP contribution in [-0.2, 0) is 11.3 Å². The average Bonchev–Trinajstić information content (AvgIpc) is 3.08. The summed E-state index contributed by atoms with van der Waals surface area (Å²) in [4.78, 5) is 27.2. The van der Waals surface area contributed by atoms with Gasteiger partial charge in [0.15, 0.2) is 0 Å². The number of furan rings is 1. The van der Waals surface area contributed by atoms with E-state index in [2.05, 4.69) is 5.32 Å². The van der Waals surface area contributed by atoms with Gasteiger partial charge in [0, 0.05) is 7.05 Å². The van der Waals surface area contributed by atoms with Crippen LogP contribution < -0.4 is 10.1 Å². The number of nitrogens with zero attached hydrogens (tertiary/aromatic N) is 1. The number of likely N-dealkylation sites (N-methyl/N-ethyl adjacent to an activating group) is 1. The Kier molecular flexibility index (Phi) is 7.79. The minimum atomic E-state index is -0.615. The van der Waals surface area contributed by atoms with Crippen molar-refractivity contribution in [1.29, 1.82) is 0 Å². The van der Waals surface area contributed by atoms with Gasteiger partial charge in [-0.3, -0.25) is 9.59 Å². The van der Waals surface area contributed by atoms with E-state index in [0.717, 1.165) is 11.5 Å². The molecule has 1 N–H and O–H groups in total. The van der Waals surface area contributed by atoms with Crippen LogP contribution >= 0.6 is 11.8 Å². The predicted molar refractivity (Wildman–Crippen MR) is 107 cm³/mol. The third-order valence-corrected chi connectivity index (χ3v) is 4.77. The van der Waals surface area contributed by atoms with Crippen LogP contribution in [0.15, 0.2) is 40.8 Å². The Labute approximate surface area is 164 Å². The van der Waals surface area contributed by atoms with E-state index in [0.29, 0.717) is 30.0 Å². The lowest BCUT2D eigenvalue weighted by Gasteiger charge is -2.24. The summed E-state index contributed by atoms with van der Waals surface area (Å²) in [6.45, 7) is 2.22. The molecule has 0 spiro atoms. The lowest BCUT2D eigenvalue weighted by molar-refractivity contribution is -0.132. The lowest BCUT2D eigenvalue weighted by atomic mass is 10.1. The van der Waals surface area contributed by atoms with Gasteiger partial charge in [-0.2, -0.15) is 11.8 Å². The molecule has 1 aromatic carbocycles. The number of thioether (sulfide) groups is 1. The Bertz CT molecular complexity index is 775. The van der Waals surface area contributed by atoms with Crippen LogP contribution in [-0.4, -0.2) is 48.9 Å². The first-order valence-electron chi connectivity index (χ1n) is 8.69. The molecule has 0 fully saturated rings. The summed E-state index contributed by atoms with van der Waals surface area (Å²) < 4.78 is 10.8. The Hall–Kier alpha value is -2.41. The molecule has 0 saturated heterocycles. The Balaban J connectivity index is 2.10. The van der Waals surface area contributed by atoms with Crippen molar-refractivity contribution < 1.29 is 18.7 Å². The summed E-state index contributed by atoms with van der Waals surface area (Å²) >= 11 is 1.63. The molecule has 6 nitrogen and oxygen atoms in total. The van der Waals surface area contributed by atoms with E-state index in [9.17, 15) is 9.59 Å². The minimum Gasteiger partial charge on any atom is -0.496 e. The number of hydrogen-bond acceptors (Lipinski definition) is 5. The van der Waals surface area contributed by atoms with Crippen LogP contribution in [0.1, 0.15) is 28.3 Å². The van der Waals surface area contributed by atoms with Crippen molar-refractivity contribution in [3.8, 4) is 5.75 Å². The molecule has 2 rings (SSSR count). The zero-order chi connectivity index (χ0) is 19.8. The standard InChI is InChI=1S/C20H26N2O4S/c1-14-9-10-15(26-14)13-22(2)20(24)17(11-12-27-4)21-19(23)16-7-5-6-8-18(16)25-3/h5-10,17H,11-13H2,1-4H3,(H,21,23)/t17-/m1/s1. The summed E-state index contributed by atoms with van der Waals surface area (Å²) in [5.41, 5.74) is 0.409. The molecule has 0 aliphatic carbocycles. The van der Waals surface area contributed by atoms with Gasteiger partial charge in [-0.1, -0.05) is 12.1 Å². The number of benzene rings is 1. The molecule has 1 heterocycles. The molecule has 1 atom stereocenters. The summed E-state index contributed by atoms with van der Waals surface area (Å²) in [5.74, 6) is 2.27. The van der Waals surface area contributed by atoms with E-state index in [1.54, 1.807) is 48.0 Å². The van der Waals surface area contributed by atoms with Crippen LogP contribution in [0.25, 0.3) is 0 Å². The molecule has 2 aromatic rings. The maximum atomic E-state index is 12.9. The van der Waals surface area contributed by atoms with Crippen LogP contribution in [0, 0.1) is 6.92 Å². The number of aryl methyl sites for hydroxylation is 1. The highest BCUT2D eigenvalue weighted by molar-refractivity contribution is 7.98. The molecule has 1 aromatic heterocycles. The second kappa shape index (κ2) is 10.1. The number of rotatable bonds is 9. The van der Waals surface area contributed by atoms with Gasteiger partial charge in [-0.05, 0) is 49.6 Å². The SMILES string of the molecule is COc1ccccc1C(=O)N[C@H](CCSC)C(=O)N(C)Cc1ccc(C)o1.